The number of hydrogen-bond donors (Lipinski definition) is 0. The van der Waals surface area contributed by atoms with E-state index in [-0.39, 0.29) is 10.8 Å². The van der Waals surface area contributed by atoms with Gasteiger partial charge in [-0.2, -0.15) is 0 Å². The van der Waals surface area contributed by atoms with Crippen molar-refractivity contribution in [1.29, 1.82) is 0 Å². The molecule has 28 heavy (non-hydrogen) atoms. The van der Waals surface area contributed by atoms with Crippen LogP contribution in [0.3, 0.4) is 0 Å². The number of fused-ring (bicyclic) bond motifs is 4. The maximum absolute atomic E-state index is 4.74. The lowest BCUT2D eigenvalue weighted by molar-refractivity contribution is 0.411. The second-order valence-electron chi connectivity index (χ2n) is 9.83. The summed E-state index contributed by atoms with van der Waals surface area (Å²) in [5.41, 5.74) is 7.59. The third-order valence-corrected chi connectivity index (χ3v) is 6.01. The maximum Gasteiger partial charge on any atom is 0.116 e. The van der Waals surface area contributed by atoms with E-state index in [0.29, 0.717) is 0 Å². The molecule has 0 N–H and O–H groups in total. The van der Waals surface area contributed by atoms with Crippen LogP contribution in [0.2, 0.25) is 0 Å². The number of rotatable bonds is 1. The molecule has 0 unspecified atom stereocenters. The summed E-state index contributed by atoms with van der Waals surface area (Å²) in [6.45, 7) is 11.6. The van der Waals surface area contributed by atoms with Crippen molar-refractivity contribution in [3.05, 3.63) is 71.5 Å². The Balaban J connectivity index is 1.90. The van der Waals surface area contributed by atoms with Gasteiger partial charge in [0.2, 0.25) is 0 Å². The molecule has 1 aromatic heterocycles. The number of hydrogen-bond acceptors (Lipinski definition) is 2. The molecule has 0 amide bonds. The normalized spacial score (nSPS) is 15.0. The predicted octanol–water partition coefficient (Wildman–Crippen LogP) is 6.68. The Morgan fingerprint density at radius 2 is 1.71 bits per heavy atom. The largest absolute Gasteiger partial charge is 0.236 e. The summed E-state index contributed by atoms with van der Waals surface area (Å²) >= 11 is 0. The second-order valence-corrected chi connectivity index (χ2v) is 9.83. The first-order chi connectivity index (χ1) is 13.3. The summed E-state index contributed by atoms with van der Waals surface area (Å²) in [6.07, 6.45) is 2.76. The van der Waals surface area contributed by atoms with Crippen molar-refractivity contribution in [2.45, 2.75) is 46.5 Å². The summed E-state index contributed by atoms with van der Waals surface area (Å²) in [6, 6.07) is 17.8. The SMILES string of the molecule is CC(C)(C)Cc1cc2c3c(ncnc3c1)-c1ccc3ccccc3c1C2(C)C. The van der Waals surface area contributed by atoms with Gasteiger partial charge in [0.15, 0.2) is 0 Å². The van der Waals surface area contributed by atoms with E-state index in [1.165, 1.54) is 38.4 Å². The van der Waals surface area contributed by atoms with Gasteiger partial charge in [0.1, 0.15) is 6.33 Å². The van der Waals surface area contributed by atoms with E-state index >= 15 is 0 Å². The number of benzene rings is 3. The molecular weight excluding hydrogens is 340 g/mol. The first-order valence-electron chi connectivity index (χ1n) is 10.1. The Morgan fingerprint density at radius 1 is 0.929 bits per heavy atom. The van der Waals surface area contributed by atoms with Gasteiger partial charge in [0, 0.05) is 16.4 Å². The van der Waals surface area contributed by atoms with E-state index < -0.39 is 0 Å². The van der Waals surface area contributed by atoms with E-state index in [1.54, 1.807) is 6.33 Å². The van der Waals surface area contributed by atoms with Crippen LogP contribution in [-0.2, 0) is 11.8 Å². The van der Waals surface area contributed by atoms with Crippen LogP contribution in [0.25, 0.3) is 32.9 Å². The molecule has 2 nitrogen and oxygen atoms in total. The first-order valence-corrected chi connectivity index (χ1v) is 10.1. The molecule has 5 rings (SSSR count). The van der Waals surface area contributed by atoms with Gasteiger partial charge in [-0.1, -0.05) is 77.1 Å². The van der Waals surface area contributed by atoms with Crippen molar-refractivity contribution >= 4 is 21.7 Å². The molecule has 3 aromatic carbocycles. The van der Waals surface area contributed by atoms with Crippen molar-refractivity contribution in [3.8, 4) is 11.3 Å². The molecular formula is C26H26N2. The Kier molecular flexibility index (Phi) is 3.49. The predicted molar refractivity (Wildman–Crippen MR) is 118 cm³/mol. The van der Waals surface area contributed by atoms with Crippen LogP contribution in [0.1, 0.15) is 51.3 Å². The van der Waals surface area contributed by atoms with E-state index in [0.717, 1.165) is 17.6 Å². The Morgan fingerprint density at radius 3 is 2.50 bits per heavy atom. The van der Waals surface area contributed by atoms with Gasteiger partial charge in [-0.05, 0) is 45.4 Å². The van der Waals surface area contributed by atoms with Gasteiger partial charge in [-0.25, -0.2) is 9.97 Å². The van der Waals surface area contributed by atoms with Crippen molar-refractivity contribution in [3.63, 3.8) is 0 Å². The molecule has 140 valence electrons. The maximum atomic E-state index is 4.74. The summed E-state index contributed by atoms with van der Waals surface area (Å²) in [5.74, 6) is 0. The lowest BCUT2D eigenvalue weighted by Crippen LogP contribution is -2.25. The fraction of sp³-hybridized carbons (Fsp3) is 0.308. The highest BCUT2D eigenvalue weighted by Gasteiger charge is 2.36. The zero-order valence-electron chi connectivity index (χ0n) is 17.3. The average Bonchev–Trinajstić information content (AvgIpc) is 2.63. The molecule has 4 aromatic rings. The highest BCUT2D eigenvalue weighted by Crippen LogP contribution is 2.50. The second kappa shape index (κ2) is 5.64. The Labute approximate surface area is 166 Å². The van der Waals surface area contributed by atoms with Crippen LogP contribution in [0.4, 0.5) is 0 Å². The lowest BCUT2D eigenvalue weighted by atomic mass is 9.68. The van der Waals surface area contributed by atoms with Crippen LogP contribution < -0.4 is 0 Å². The van der Waals surface area contributed by atoms with Gasteiger partial charge in [-0.15, -0.1) is 0 Å². The monoisotopic (exact) mass is 366 g/mol. The Hall–Kier alpha value is -2.74. The first kappa shape index (κ1) is 17.4. The van der Waals surface area contributed by atoms with Crippen LogP contribution in [-0.4, -0.2) is 9.97 Å². The molecule has 1 heterocycles. The minimum Gasteiger partial charge on any atom is -0.236 e. The standard InChI is InChI=1S/C26H26N2/c1-25(2,3)14-16-12-20-22-21(13-16)27-15-28-24(22)19-11-10-17-8-6-7-9-18(17)23(19)26(20,4)5/h6-13,15H,14H2,1-5H3. The van der Waals surface area contributed by atoms with Crippen LogP contribution in [0.15, 0.2) is 54.9 Å². The topological polar surface area (TPSA) is 25.8 Å². The lowest BCUT2D eigenvalue weighted by Gasteiger charge is -2.36. The van der Waals surface area contributed by atoms with Crippen molar-refractivity contribution in [2.24, 2.45) is 5.41 Å². The molecule has 0 atom stereocenters. The molecule has 1 aliphatic rings. The van der Waals surface area contributed by atoms with Gasteiger partial charge >= 0.3 is 0 Å². The minimum absolute atomic E-state index is 0.111. The fourth-order valence-corrected chi connectivity index (χ4v) is 4.94. The van der Waals surface area contributed by atoms with Gasteiger partial charge < -0.3 is 0 Å². The quantitative estimate of drug-likeness (QED) is 0.375. The molecule has 0 fully saturated rings. The van der Waals surface area contributed by atoms with Gasteiger partial charge in [0.25, 0.3) is 0 Å². The van der Waals surface area contributed by atoms with E-state index in [9.17, 15) is 0 Å². The number of nitrogens with zero attached hydrogens (tertiary/aromatic N) is 2. The number of aromatic nitrogens is 2. The van der Waals surface area contributed by atoms with E-state index in [1.807, 2.05) is 0 Å². The molecule has 0 aliphatic heterocycles. The molecule has 2 heteroatoms. The van der Waals surface area contributed by atoms with Crippen LogP contribution in [0.5, 0.6) is 0 Å². The summed E-state index contributed by atoms with van der Waals surface area (Å²) in [4.78, 5) is 9.41. The molecule has 0 radical (unpaired) electrons. The van der Waals surface area contributed by atoms with Crippen molar-refractivity contribution in [2.75, 3.05) is 0 Å². The van der Waals surface area contributed by atoms with E-state index in [4.69, 9.17) is 4.98 Å². The highest BCUT2D eigenvalue weighted by atomic mass is 14.8. The molecule has 0 saturated carbocycles. The van der Waals surface area contributed by atoms with E-state index in [2.05, 4.69) is 88.1 Å². The summed E-state index contributed by atoms with van der Waals surface area (Å²) in [5, 5.41) is 3.82. The highest BCUT2D eigenvalue weighted by molar-refractivity contribution is 6.04. The zero-order chi connectivity index (χ0) is 19.7. The third-order valence-electron chi connectivity index (χ3n) is 6.01. The molecule has 1 aliphatic carbocycles. The van der Waals surface area contributed by atoms with Crippen molar-refractivity contribution in [1.82, 2.24) is 9.97 Å². The third kappa shape index (κ3) is 2.47. The van der Waals surface area contributed by atoms with Gasteiger partial charge in [0.05, 0.1) is 11.2 Å². The Bertz CT molecular complexity index is 1240. The molecule has 0 spiro atoms. The minimum atomic E-state index is -0.111. The van der Waals surface area contributed by atoms with Crippen molar-refractivity contribution < 1.29 is 0 Å². The zero-order valence-corrected chi connectivity index (χ0v) is 17.3. The smallest absolute Gasteiger partial charge is 0.116 e. The summed E-state index contributed by atoms with van der Waals surface area (Å²) < 4.78 is 0. The molecule has 0 bridgehead atoms. The average molecular weight is 367 g/mol. The van der Waals surface area contributed by atoms with Crippen LogP contribution in [0, 0.1) is 5.41 Å². The summed E-state index contributed by atoms with van der Waals surface area (Å²) in [7, 11) is 0. The molecule has 0 saturated heterocycles. The van der Waals surface area contributed by atoms with Crippen LogP contribution >= 0.6 is 0 Å². The fourth-order valence-electron chi connectivity index (χ4n) is 4.94. The van der Waals surface area contributed by atoms with Gasteiger partial charge in [-0.3, -0.25) is 0 Å².